The van der Waals surface area contributed by atoms with E-state index in [1.54, 1.807) is 0 Å². The average Bonchev–Trinajstić information content (AvgIpc) is 1.92. The summed E-state index contributed by atoms with van der Waals surface area (Å²) in [5, 5.41) is 0. The van der Waals surface area contributed by atoms with Gasteiger partial charge in [-0.3, -0.25) is 0 Å². The monoisotopic (exact) mass is 145 g/mol. The first-order valence-corrected chi connectivity index (χ1v) is 4.35. The largest absolute Gasteiger partial charge is 0.333 e. The van der Waals surface area contributed by atoms with E-state index >= 15 is 0 Å². The summed E-state index contributed by atoms with van der Waals surface area (Å²) >= 11 is 0. The van der Waals surface area contributed by atoms with Crippen molar-refractivity contribution in [1.82, 2.24) is 0 Å². The number of hydrogen-bond donors (Lipinski definition) is 1. The van der Waals surface area contributed by atoms with E-state index < -0.39 is 0 Å². The molecule has 0 aromatic carbocycles. The van der Waals surface area contributed by atoms with Gasteiger partial charge in [-0.15, -0.1) is 0 Å². The molecule has 64 valence electrons. The number of hydrogen-bond acceptors (Lipinski definition) is 1. The van der Waals surface area contributed by atoms with E-state index in [1.165, 1.54) is 32.7 Å². The van der Waals surface area contributed by atoms with Gasteiger partial charge in [0.2, 0.25) is 0 Å². The molecule has 2 N–H and O–H groups in total. The van der Waals surface area contributed by atoms with Gasteiger partial charge in [0.1, 0.15) is 0 Å². The maximum absolute atomic E-state index is 4.50. The van der Waals surface area contributed by atoms with Crippen molar-refractivity contribution in [3.05, 3.63) is 0 Å². The highest BCUT2D eigenvalue weighted by Crippen LogP contribution is 2.06. The third kappa shape index (κ3) is 15.7. The van der Waals surface area contributed by atoms with Crippen molar-refractivity contribution >= 4 is 0 Å². The van der Waals surface area contributed by atoms with Gasteiger partial charge < -0.3 is 5.73 Å². The summed E-state index contributed by atoms with van der Waals surface area (Å²) in [5.74, 6) is 0.904. The van der Waals surface area contributed by atoms with Crippen LogP contribution >= 0.6 is 0 Å². The molecule has 0 radical (unpaired) electrons. The van der Waals surface area contributed by atoms with E-state index in [2.05, 4.69) is 26.5 Å². The zero-order valence-corrected chi connectivity index (χ0v) is 7.98. The Hall–Kier alpha value is -0.0400. The van der Waals surface area contributed by atoms with Gasteiger partial charge >= 0.3 is 0 Å². The summed E-state index contributed by atoms with van der Waals surface area (Å²) in [6.45, 7) is 6.83. The Morgan fingerprint density at radius 2 is 1.60 bits per heavy atom. The normalized spacial score (nSPS) is 9.00. The summed E-state index contributed by atoms with van der Waals surface area (Å²) in [7, 11) is 1.50. The van der Waals surface area contributed by atoms with E-state index in [-0.39, 0.29) is 0 Å². The van der Waals surface area contributed by atoms with Crippen LogP contribution in [0.3, 0.4) is 0 Å². The molecule has 0 saturated heterocycles. The van der Waals surface area contributed by atoms with Crippen molar-refractivity contribution < 1.29 is 0 Å². The Bertz CT molecular complexity index is 42.0. The first kappa shape index (κ1) is 12.6. The fourth-order valence-corrected chi connectivity index (χ4v) is 0.803. The van der Waals surface area contributed by atoms with E-state index in [0.717, 1.165) is 5.92 Å². The Kier molecular flexibility index (Phi) is 14.8. The van der Waals surface area contributed by atoms with Gasteiger partial charge in [0.25, 0.3) is 0 Å². The molecule has 0 aliphatic carbocycles. The standard InChI is InChI=1S/C8H18.CH5N/c1-4-5-6-7-8(2)3;1-2/h8H,4-7H2,1-3H3;2H2,1H3. The molecule has 0 bridgehead atoms. The molecule has 0 aromatic rings. The third-order valence-electron chi connectivity index (χ3n) is 1.39. The quantitative estimate of drug-likeness (QED) is 0.605. The zero-order chi connectivity index (χ0) is 8.41. The lowest BCUT2D eigenvalue weighted by atomic mass is 10.1. The van der Waals surface area contributed by atoms with Gasteiger partial charge in [-0.2, -0.15) is 0 Å². The van der Waals surface area contributed by atoms with Crippen molar-refractivity contribution in [2.24, 2.45) is 11.7 Å². The Labute approximate surface area is 66.0 Å². The van der Waals surface area contributed by atoms with Gasteiger partial charge in [-0.25, -0.2) is 0 Å². The number of rotatable bonds is 4. The van der Waals surface area contributed by atoms with Crippen LogP contribution in [0.25, 0.3) is 0 Å². The second-order valence-corrected chi connectivity index (χ2v) is 2.89. The van der Waals surface area contributed by atoms with Crippen LogP contribution in [-0.4, -0.2) is 7.05 Å². The number of unbranched alkanes of at least 4 members (excludes halogenated alkanes) is 2. The summed E-state index contributed by atoms with van der Waals surface area (Å²) < 4.78 is 0. The smallest absolute Gasteiger partial charge is 0.0195 e. The fraction of sp³-hybridized carbons (Fsp3) is 1.00. The van der Waals surface area contributed by atoms with Gasteiger partial charge in [0, 0.05) is 0 Å². The SMILES string of the molecule is CCCCCC(C)C.CN. The van der Waals surface area contributed by atoms with Crippen LogP contribution < -0.4 is 5.73 Å². The van der Waals surface area contributed by atoms with Crippen LogP contribution in [0.4, 0.5) is 0 Å². The van der Waals surface area contributed by atoms with Crippen LogP contribution in [0.5, 0.6) is 0 Å². The predicted molar refractivity (Wildman–Crippen MR) is 49.1 cm³/mol. The molecule has 0 saturated carbocycles. The molecule has 0 aliphatic rings. The minimum Gasteiger partial charge on any atom is -0.333 e. The van der Waals surface area contributed by atoms with Gasteiger partial charge in [-0.05, 0) is 13.0 Å². The van der Waals surface area contributed by atoms with Crippen molar-refractivity contribution in [3.63, 3.8) is 0 Å². The minimum atomic E-state index is 0.904. The Balaban J connectivity index is 0. The maximum atomic E-state index is 4.50. The molecule has 1 nitrogen and oxygen atoms in total. The highest BCUT2D eigenvalue weighted by atomic mass is 14.4. The van der Waals surface area contributed by atoms with E-state index in [0.29, 0.717) is 0 Å². The lowest BCUT2D eigenvalue weighted by Gasteiger charge is -2.00. The average molecular weight is 145 g/mol. The predicted octanol–water partition coefficient (Wildman–Crippen LogP) is 2.80. The Morgan fingerprint density at radius 1 is 1.10 bits per heavy atom. The lowest BCUT2D eigenvalue weighted by molar-refractivity contribution is 0.534. The molecule has 0 spiro atoms. The van der Waals surface area contributed by atoms with E-state index in [9.17, 15) is 0 Å². The van der Waals surface area contributed by atoms with Crippen LogP contribution in [0.1, 0.15) is 46.5 Å². The molecule has 0 fully saturated rings. The molecule has 0 aliphatic heterocycles. The lowest BCUT2D eigenvalue weighted by Crippen LogP contribution is -1.85. The van der Waals surface area contributed by atoms with Gasteiger partial charge in [0.05, 0.1) is 0 Å². The molecule has 0 aromatic heterocycles. The molecular formula is C9H23N. The topological polar surface area (TPSA) is 26.0 Å². The van der Waals surface area contributed by atoms with Crippen LogP contribution in [0, 0.1) is 5.92 Å². The molecule has 0 heterocycles. The summed E-state index contributed by atoms with van der Waals surface area (Å²) in [6, 6.07) is 0. The van der Waals surface area contributed by atoms with Crippen LogP contribution in [-0.2, 0) is 0 Å². The maximum Gasteiger partial charge on any atom is -0.0195 e. The van der Waals surface area contributed by atoms with Crippen LogP contribution in [0.2, 0.25) is 0 Å². The second kappa shape index (κ2) is 11.7. The molecule has 0 unspecified atom stereocenters. The summed E-state index contributed by atoms with van der Waals surface area (Å²) in [4.78, 5) is 0. The Morgan fingerprint density at radius 3 is 1.90 bits per heavy atom. The van der Waals surface area contributed by atoms with Crippen molar-refractivity contribution in [2.45, 2.75) is 46.5 Å². The van der Waals surface area contributed by atoms with Crippen molar-refractivity contribution in [1.29, 1.82) is 0 Å². The van der Waals surface area contributed by atoms with Gasteiger partial charge in [-0.1, -0.05) is 46.5 Å². The summed E-state index contributed by atoms with van der Waals surface area (Å²) in [6.07, 6.45) is 5.60. The molecule has 0 rings (SSSR count). The molecule has 0 amide bonds. The molecular weight excluding hydrogens is 122 g/mol. The molecule has 1 heteroatoms. The highest BCUT2D eigenvalue weighted by Gasteiger charge is 1.90. The first-order valence-electron chi connectivity index (χ1n) is 4.35. The zero-order valence-electron chi connectivity index (χ0n) is 7.98. The van der Waals surface area contributed by atoms with Crippen molar-refractivity contribution in [2.75, 3.05) is 7.05 Å². The first-order chi connectivity index (χ1) is 4.77. The van der Waals surface area contributed by atoms with Gasteiger partial charge in [0.15, 0.2) is 0 Å². The molecule has 10 heavy (non-hydrogen) atoms. The summed E-state index contributed by atoms with van der Waals surface area (Å²) in [5.41, 5.74) is 4.50. The van der Waals surface area contributed by atoms with Crippen molar-refractivity contribution in [3.8, 4) is 0 Å². The van der Waals surface area contributed by atoms with Crippen LogP contribution in [0.15, 0.2) is 0 Å². The van der Waals surface area contributed by atoms with E-state index in [4.69, 9.17) is 0 Å². The second-order valence-electron chi connectivity index (χ2n) is 2.89. The van der Waals surface area contributed by atoms with E-state index in [1.807, 2.05) is 0 Å². The minimum absolute atomic E-state index is 0.904. The third-order valence-corrected chi connectivity index (χ3v) is 1.39. The highest BCUT2D eigenvalue weighted by molar-refractivity contribution is 4.44. The number of nitrogens with two attached hydrogens (primary N) is 1. The fourth-order valence-electron chi connectivity index (χ4n) is 0.803. The molecule has 0 atom stereocenters.